The predicted octanol–water partition coefficient (Wildman–Crippen LogP) is 2.29. The van der Waals surface area contributed by atoms with Gasteiger partial charge in [-0.1, -0.05) is 19.3 Å². The van der Waals surface area contributed by atoms with Crippen LogP contribution in [0.25, 0.3) is 0 Å². The number of nitrogens with zero attached hydrogens (tertiary/aromatic N) is 1. The fourth-order valence-corrected chi connectivity index (χ4v) is 2.63. The maximum Gasteiger partial charge on any atom is 0.143 e. The highest BCUT2D eigenvalue weighted by Gasteiger charge is 2.13. The molecule has 0 spiro atoms. The Balaban J connectivity index is 2.08. The minimum absolute atomic E-state index is 0.463. The molecule has 1 saturated carbocycles. The van der Waals surface area contributed by atoms with Crippen molar-refractivity contribution >= 4 is 17.2 Å². The van der Waals surface area contributed by atoms with E-state index in [4.69, 9.17) is 5.84 Å². The molecule has 15 heavy (non-hydrogen) atoms. The molecule has 4 heteroatoms. The van der Waals surface area contributed by atoms with Gasteiger partial charge in [-0.2, -0.15) is 11.3 Å². The van der Waals surface area contributed by atoms with E-state index in [0.717, 1.165) is 11.4 Å². The molecule has 3 N–H and O–H groups in total. The van der Waals surface area contributed by atoms with E-state index in [0.29, 0.717) is 6.04 Å². The van der Waals surface area contributed by atoms with Gasteiger partial charge in [-0.05, 0) is 24.3 Å². The summed E-state index contributed by atoms with van der Waals surface area (Å²) in [7, 11) is 0. The molecule has 0 aromatic carbocycles. The first-order valence-electron chi connectivity index (χ1n) is 5.47. The average Bonchev–Trinajstić information content (AvgIpc) is 2.81. The third-order valence-electron chi connectivity index (χ3n) is 2.82. The summed E-state index contributed by atoms with van der Waals surface area (Å²) in [6, 6.07) is 2.51. The first-order chi connectivity index (χ1) is 7.40. The molecule has 0 bridgehead atoms. The summed E-state index contributed by atoms with van der Waals surface area (Å²) in [5.74, 6) is 6.34. The Kier molecular flexibility index (Phi) is 3.75. The molecule has 0 amide bonds. The Hall–Kier alpha value is -0.870. The van der Waals surface area contributed by atoms with E-state index in [2.05, 4.69) is 15.8 Å². The number of nitrogens with two attached hydrogens (primary N) is 1. The van der Waals surface area contributed by atoms with Gasteiger partial charge in [-0.3, -0.25) is 4.99 Å². The fourth-order valence-electron chi connectivity index (χ4n) is 1.99. The Morgan fingerprint density at radius 3 is 2.80 bits per heavy atom. The number of hydrogen-bond acceptors (Lipinski definition) is 3. The normalized spacial score (nSPS) is 19.1. The van der Waals surface area contributed by atoms with Crippen LogP contribution >= 0.6 is 11.3 Å². The van der Waals surface area contributed by atoms with E-state index >= 15 is 0 Å². The van der Waals surface area contributed by atoms with Crippen LogP contribution in [0.15, 0.2) is 21.8 Å². The highest BCUT2D eigenvalue weighted by Crippen LogP contribution is 2.21. The van der Waals surface area contributed by atoms with Crippen LogP contribution in [-0.4, -0.2) is 11.9 Å². The quantitative estimate of drug-likeness (QED) is 0.350. The van der Waals surface area contributed by atoms with Crippen LogP contribution in [0.5, 0.6) is 0 Å². The predicted molar refractivity (Wildman–Crippen MR) is 65.1 cm³/mol. The van der Waals surface area contributed by atoms with Crippen LogP contribution in [0.3, 0.4) is 0 Å². The van der Waals surface area contributed by atoms with Gasteiger partial charge in [0.25, 0.3) is 0 Å². The second kappa shape index (κ2) is 5.28. The van der Waals surface area contributed by atoms with Crippen molar-refractivity contribution in [3.63, 3.8) is 0 Å². The summed E-state index contributed by atoms with van der Waals surface area (Å²) >= 11 is 1.67. The minimum atomic E-state index is 0.463. The molecular formula is C11H17N3S. The first-order valence-corrected chi connectivity index (χ1v) is 6.41. The van der Waals surface area contributed by atoms with E-state index in [1.54, 1.807) is 11.3 Å². The number of hydrazine groups is 1. The van der Waals surface area contributed by atoms with Gasteiger partial charge in [0.1, 0.15) is 5.84 Å². The summed E-state index contributed by atoms with van der Waals surface area (Å²) in [5, 5.41) is 4.12. The zero-order valence-electron chi connectivity index (χ0n) is 8.78. The second-order valence-corrected chi connectivity index (χ2v) is 4.71. The number of thiophene rings is 1. The molecule has 1 aromatic heterocycles. The van der Waals surface area contributed by atoms with Gasteiger partial charge < -0.3 is 5.43 Å². The molecule has 82 valence electrons. The lowest BCUT2D eigenvalue weighted by Gasteiger charge is -2.18. The molecule has 1 heterocycles. The lowest BCUT2D eigenvalue weighted by atomic mass is 9.96. The molecule has 0 saturated heterocycles. The molecule has 0 unspecified atom stereocenters. The Morgan fingerprint density at radius 2 is 2.20 bits per heavy atom. The summed E-state index contributed by atoms with van der Waals surface area (Å²) < 4.78 is 0. The number of amidine groups is 1. The van der Waals surface area contributed by atoms with Crippen molar-refractivity contribution in [3.05, 3.63) is 22.4 Å². The van der Waals surface area contributed by atoms with Gasteiger partial charge >= 0.3 is 0 Å². The zero-order valence-corrected chi connectivity index (χ0v) is 9.59. The van der Waals surface area contributed by atoms with E-state index in [9.17, 15) is 0 Å². The SMILES string of the molecule is NNC(=NC1CCCCC1)c1ccsc1. The van der Waals surface area contributed by atoms with Crippen LogP contribution in [0, 0.1) is 0 Å². The lowest BCUT2D eigenvalue weighted by Crippen LogP contribution is -2.32. The summed E-state index contributed by atoms with van der Waals surface area (Å²) in [5.41, 5.74) is 3.81. The van der Waals surface area contributed by atoms with Gasteiger partial charge in [0.15, 0.2) is 0 Å². The highest BCUT2D eigenvalue weighted by molar-refractivity contribution is 7.08. The number of hydrogen-bond donors (Lipinski definition) is 2. The Bertz CT molecular complexity index is 313. The molecule has 1 aromatic rings. The summed E-state index contributed by atoms with van der Waals surface area (Å²) in [4.78, 5) is 4.68. The smallest absolute Gasteiger partial charge is 0.143 e. The molecule has 1 aliphatic carbocycles. The molecule has 0 atom stereocenters. The number of nitrogens with one attached hydrogen (secondary N) is 1. The number of rotatable bonds is 2. The monoisotopic (exact) mass is 223 g/mol. The first kappa shape index (κ1) is 10.6. The van der Waals surface area contributed by atoms with Crippen LogP contribution in [0.4, 0.5) is 0 Å². The lowest BCUT2D eigenvalue weighted by molar-refractivity contribution is 0.442. The van der Waals surface area contributed by atoms with E-state index in [-0.39, 0.29) is 0 Å². The van der Waals surface area contributed by atoms with Crippen molar-refractivity contribution in [1.82, 2.24) is 5.43 Å². The molecule has 0 radical (unpaired) electrons. The molecule has 2 rings (SSSR count). The second-order valence-electron chi connectivity index (χ2n) is 3.93. The van der Waals surface area contributed by atoms with Crippen molar-refractivity contribution < 1.29 is 0 Å². The van der Waals surface area contributed by atoms with Crippen LogP contribution in [0.2, 0.25) is 0 Å². The van der Waals surface area contributed by atoms with Crippen molar-refractivity contribution in [2.45, 2.75) is 38.1 Å². The largest absolute Gasteiger partial charge is 0.308 e. The average molecular weight is 223 g/mol. The molecule has 1 fully saturated rings. The maximum absolute atomic E-state index is 5.50. The standard InChI is InChI=1S/C11H17N3S/c12-14-11(9-6-7-15-8-9)13-10-4-2-1-3-5-10/h6-8,10H,1-5,12H2,(H,13,14). The van der Waals surface area contributed by atoms with Gasteiger partial charge in [0.2, 0.25) is 0 Å². The Morgan fingerprint density at radius 1 is 1.40 bits per heavy atom. The third-order valence-corrected chi connectivity index (χ3v) is 3.50. The Labute approximate surface area is 94.4 Å². The molecule has 1 aliphatic rings. The van der Waals surface area contributed by atoms with Crippen LogP contribution < -0.4 is 11.3 Å². The maximum atomic E-state index is 5.50. The minimum Gasteiger partial charge on any atom is -0.308 e. The van der Waals surface area contributed by atoms with Crippen molar-refractivity contribution in [2.24, 2.45) is 10.8 Å². The fraction of sp³-hybridized carbons (Fsp3) is 0.545. The molecular weight excluding hydrogens is 206 g/mol. The summed E-state index contributed by atoms with van der Waals surface area (Å²) in [6.45, 7) is 0. The third kappa shape index (κ3) is 2.79. The molecule has 0 aliphatic heterocycles. The van der Waals surface area contributed by atoms with Crippen LogP contribution in [0.1, 0.15) is 37.7 Å². The van der Waals surface area contributed by atoms with Gasteiger partial charge in [-0.25, -0.2) is 5.84 Å². The van der Waals surface area contributed by atoms with Gasteiger partial charge in [-0.15, -0.1) is 0 Å². The van der Waals surface area contributed by atoms with Crippen molar-refractivity contribution in [3.8, 4) is 0 Å². The van der Waals surface area contributed by atoms with E-state index in [1.807, 2.05) is 11.4 Å². The van der Waals surface area contributed by atoms with Gasteiger partial charge in [0, 0.05) is 10.9 Å². The van der Waals surface area contributed by atoms with Crippen LogP contribution in [-0.2, 0) is 0 Å². The van der Waals surface area contributed by atoms with Crippen molar-refractivity contribution in [2.75, 3.05) is 0 Å². The zero-order chi connectivity index (χ0) is 10.5. The van der Waals surface area contributed by atoms with Gasteiger partial charge in [0.05, 0.1) is 6.04 Å². The highest BCUT2D eigenvalue weighted by atomic mass is 32.1. The summed E-state index contributed by atoms with van der Waals surface area (Å²) in [6.07, 6.45) is 6.37. The number of aliphatic imine (C=N–C) groups is 1. The topological polar surface area (TPSA) is 50.4 Å². The molecule has 3 nitrogen and oxygen atoms in total. The van der Waals surface area contributed by atoms with E-state index < -0.39 is 0 Å². The van der Waals surface area contributed by atoms with Crippen molar-refractivity contribution in [1.29, 1.82) is 0 Å². The van der Waals surface area contributed by atoms with E-state index in [1.165, 1.54) is 32.1 Å².